The highest BCUT2D eigenvalue weighted by Gasteiger charge is 2.16. The van der Waals surface area contributed by atoms with Gasteiger partial charge in [0, 0.05) is 5.41 Å². The van der Waals surface area contributed by atoms with Gasteiger partial charge in [-0.1, -0.05) is 50.3 Å². The van der Waals surface area contributed by atoms with Crippen molar-refractivity contribution < 1.29 is 0 Å². The molecule has 2 rings (SSSR count). The van der Waals surface area contributed by atoms with E-state index >= 15 is 0 Å². The summed E-state index contributed by atoms with van der Waals surface area (Å²) in [6, 6.07) is 0. The average molecular weight is 158 g/mol. The molecule has 0 saturated carbocycles. The van der Waals surface area contributed by atoms with Gasteiger partial charge >= 0.3 is 0 Å². The smallest absolute Gasteiger partial charge is 0.00166 e. The van der Waals surface area contributed by atoms with Gasteiger partial charge in [-0.2, -0.15) is 0 Å². The SMILES string of the molecule is CC1(C)C=CC=C2CC=CC2=C1. The summed E-state index contributed by atoms with van der Waals surface area (Å²) in [6.45, 7) is 4.47. The molecular weight excluding hydrogens is 144 g/mol. The zero-order valence-corrected chi connectivity index (χ0v) is 7.67. The molecule has 0 heteroatoms. The fourth-order valence-corrected chi connectivity index (χ4v) is 1.70. The monoisotopic (exact) mass is 158 g/mol. The highest BCUT2D eigenvalue weighted by atomic mass is 14.2. The van der Waals surface area contributed by atoms with Crippen molar-refractivity contribution >= 4 is 0 Å². The molecule has 0 aromatic carbocycles. The fourth-order valence-electron chi connectivity index (χ4n) is 1.70. The van der Waals surface area contributed by atoms with E-state index in [0.717, 1.165) is 6.42 Å². The molecular formula is C12H14. The maximum atomic E-state index is 2.34. The van der Waals surface area contributed by atoms with E-state index in [1.807, 2.05) is 0 Å². The standard InChI is InChI=1S/C12H14/c1-12(2)8-4-7-10-5-3-6-11(10)9-12/h3-4,6-9H,5H2,1-2H3. The van der Waals surface area contributed by atoms with Gasteiger partial charge in [0.1, 0.15) is 0 Å². The van der Waals surface area contributed by atoms with Gasteiger partial charge in [0.05, 0.1) is 0 Å². The summed E-state index contributed by atoms with van der Waals surface area (Å²) in [6.07, 6.45) is 14.5. The minimum Gasteiger partial charge on any atom is -0.0795 e. The Bertz CT molecular complexity index is 309. The summed E-state index contributed by atoms with van der Waals surface area (Å²) in [7, 11) is 0. The van der Waals surface area contributed by atoms with Crippen LogP contribution in [0.3, 0.4) is 0 Å². The first-order valence-electron chi connectivity index (χ1n) is 4.46. The molecule has 0 N–H and O–H groups in total. The van der Waals surface area contributed by atoms with Crippen LogP contribution in [0.4, 0.5) is 0 Å². The predicted molar refractivity (Wildman–Crippen MR) is 52.8 cm³/mol. The van der Waals surface area contributed by atoms with Gasteiger partial charge < -0.3 is 0 Å². The van der Waals surface area contributed by atoms with Crippen molar-refractivity contribution in [2.24, 2.45) is 5.41 Å². The Morgan fingerprint density at radius 1 is 1.33 bits per heavy atom. The van der Waals surface area contributed by atoms with Crippen LogP contribution in [0.1, 0.15) is 20.3 Å². The van der Waals surface area contributed by atoms with Crippen LogP contribution in [0.15, 0.2) is 47.6 Å². The van der Waals surface area contributed by atoms with E-state index in [-0.39, 0.29) is 5.41 Å². The summed E-state index contributed by atoms with van der Waals surface area (Å²) >= 11 is 0. The summed E-state index contributed by atoms with van der Waals surface area (Å²) in [4.78, 5) is 0. The van der Waals surface area contributed by atoms with Gasteiger partial charge in [-0.25, -0.2) is 0 Å². The Balaban J connectivity index is 2.45. The van der Waals surface area contributed by atoms with Crippen LogP contribution < -0.4 is 0 Å². The lowest BCUT2D eigenvalue weighted by Gasteiger charge is -2.14. The normalized spacial score (nSPS) is 24.5. The van der Waals surface area contributed by atoms with Crippen LogP contribution in [0.2, 0.25) is 0 Å². The highest BCUT2D eigenvalue weighted by Crippen LogP contribution is 2.32. The molecule has 0 atom stereocenters. The maximum absolute atomic E-state index is 2.34. The molecule has 0 saturated heterocycles. The Morgan fingerprint density at radius 2 is 2.17 bits per heavy atom. The molecule has 2 aliphatic carbocycles. The fraction of sp³-hybridized carbons (Fsp3) is 0.333. The van der Waals surface area contributed by atoms with E-state index in [0.29, 0.717) is 0 Å². The number of allylic oxidation sites excluding steroid dienone is 8. The first kappa shape index (κ1) is 7.60. The molecule has 62 valence electrons. The molecule has 12 heavy (non-hydrogen) atoms. The van der Waals surface area contributed by atoms with Crippen molar-refractivity contribution in [2.75, 3.05) is 0 Å². The lowest BCUT2D eigenvalue weighted by molar-refractivity contribution is 0.624. The van der Waals surface area contributed by atoms with Gasteiger partial charge in [0.15, 0.2) is 0 Å². The first-order chi connectivity index (χ1) is 5.67. The number of hydrogen-bond acceptors (Lipinski definition) is 0. The first-order valence-corrected chi connectivity index (χ1v) is 4.46. The molecule has 0 unspecified atom stereocenters. The second-order valence-corrected chi connectivity index (χ2v) is 4.08. The maximum Gasteiger partial charge on any atom is 0.00166 e. The van der Waals surface area contributed by atoms with E-state index < -0.39 is 0 Å². The lowest BCUT2D eigenvalue weighted by atomic mass is 9.91. The third-order valence-corrected chi connectivity index (χ3v) is 2.36. The lowest BCUT2D eigenvalue weighted by Crippen LogP contribution is -2.02. The van der Waals surface area contributed by atoms with E-state index in [1.165, 1.54) is 11.1 Å². The number of fused-ring (bicyclic) bond motifs is 1. The Hall–Kier alpha value is -1.04. The molecule has 0 heterocycles. The van der Waals surface area contributed by atoms with Crippen molar-refractivity contribution in [1.29, 1.82) is 0 Å². The Labute approximate surface area is 74.0 Å². The van der Waals surface area contributed by atoms with Gasteiger partial charge in [0.25, 0.3) is 0 Å². The van der Waals surface area contributed by atoms with Crippen molar-refractivity contribution in [3.05, 3.63) is 47.6 Å². The minimum atomic E-state index is 0.211. The summed E-state index contributed by atoms with van der Waals surface area (Å²) in [5.74, 6) is 0. The van der Waals surface area contributed by atoms with E-state index in [4.69, 9.17) is 0 Å². The van der Waals surface area contributed by atoms with Crippen LogP contribution in [0, 0.1) is 5.41 Å². The third-order valence-electron chi connectivity index (χ3n) is 2.36. The van der Waals surface area contributed by atoms with Crippen LogP contribution in [0.5, 0.6) is 0 Å². The van der Waals surface area contributed by atoms with E-state index in [1.54, 1.807) is 0 Å². The highest BCUT2D eigenvalue weighted by molar-refractivity contribution is 5.50. The molecule has 2 aliphatic rings. The van der Waals surface area contributed by atoms with Crippen molar-refractivity contribution in [3.63, 3.8) is 0 Å². The molecule has 0 aromatic rings. The van der Waals surface area contributed by atoms with Crippen LogP contribution >= 0.6 is 0 Å². The molecule has 0 aliphatic heterocycles. The summed E-state index contributed by atoms with van der Waals surface area (Å²) in [5, 5.41) is 0. The predicted octanol–water partition coefficient (Wildman–Crippen LogP) is 3.40. The largest absolute Gasteiger partial charge is 0.0795 e. The summed E-state index contributed by atoms with van der Waals surface area (Å²) in [5.41, 5.74) is 3.07. The molecule has 0 aromatic heterocycles. The molecule has 0 bridgehead atoms. The third kappa shape index (κ3) is 1.29. The quantitative estimate of drug-likeness (QED) is 0.507. The van der Waals surface area contributed by atoms with Gasteiger partial charge in [0.2, 0.25) is 0 Å². The molecule has 0 radical (unpaired) electrons. The van der Waals surface area contributed by atoms with Crippen molar-refractivity contribution in [1.82, 2.24) is 0 Å². The second-order valence-electron chi connectivity index (χ2n) is 4.08. The van der Waals surface area contributed by atoms with Crippen molar-refractivity contribution in [2.45, 2.75) is 20.3 Å². The summed E-state index contributed by atoms with van der Waals surface area (Å²) < 4.78 is 0. The number of rotatable bonds is 0. The molecule has 0 spiro atoms. The number of hydrogen-bond donors (Lipinski definition) is 0. The van der Waals surface area contributed by atoms with Crippen molar-refractivity contribution in [3.8, 4) is 0 Å². The van der Waals surface area contributed by atoms with Crippen LogP contribution in [-0.4, -0.2) is 0 Å². The molecule has 0 nitrogen and oxygen atoms in total. The van der Waals surface area contributed by atoms with Crippen LogP contribution in [-0.2, 0) is 0 Å². The topological polar surface area (TPSA) is 0 Å². The van der Waals surface area contributed by atoms with Crippen LogP contribution in [0.25, 0.3) is 0 Å². The zero-order valence-electron chi connectivity index (χ0n) is 7.67. The van der Waals surface area contributed by atoms with Gasteiger partial charge in [-0.3, -0.25) is 0 Å². The van der Waals surface area contributed by atoms with E-state index in [2.05, 4.69) is 50.3 Å². The average Bonchev–Trinajstić information content (AvgIpc) is 2.31. The molecule has 0 fully saturated rings. The van der Waals surface area contributed by atoms with Gasteiger partial charge in [-0.05, 0) is 17.6 Å². The second kappa shape index (κ2) is 2.48. The Morgan fingerprint density at radius 3 is 3.00 bits per heavy atom. The zero-order chi connectivity index (χ0) is 8.60. The minimum absolute atomic E-state index is 0.211. The van der Waals surface area contributed by atoms with E-state index in [9.17, 15) is 0 Å². The van der Waals surface area contributed by atoms with Gasteiger partial charge in [-0.15, -0.1) is 0 Å². The Kier molecular flexibility index (Phi) is 1.57. The molecule has 0 amide bonds.